The summed E-state index contributed by atoms with van der Waals surface area (Å²) in [6.45, 7) is 4.33. The third-order valence-electron chi connectivity index (χ3n) is 4.60. The fourth-order valence-electron chi connectivity index (χ4n) is 3.31. The Bertz CT molecular complexity index is 1030. The van der Waals surface area contributed by atoms with Crippen molar-refractivity contribution in [3.8, 4) is 11.8 Å². The molecule has 0 bridgehead atoms. The first-order chi connectivity index (χ1) is 14.5. The minimum Gasteiger partial charge on any atom is -0.494 e. The Kier molecular flexibility index (Phi) is 7.15. The van der Waals surface area contributed by atoms with Crippen molar-refractivity contribution < 1.29 is 14.3 Å². The van der Waals surface area contributed by atoms with Gasteiger partial charge in [-0.3, -0.25) is 9.59 Å². The molecule has 1 heterocycles. The van der Waals surface area contributed by atoms with Crippen LogP contribution >= 0.6 is 11.8 Å². The molecule has 1 aliphatic heterocycles. The zero-order valence-corrected chi connectivity index (χ0v) is 17.7. The van der Waals surface area contributed by atoms with Gasteiger partial charge >= 0.3 is 0 Å². The second kappa shape index (κ2) is 9.99. The Morgan fingerprint density at radius 2 is 2.10 bits per heavy atom. The number of hydrogen-bond donors (Lipinski definition) is 2. The molecular weight excluding hydrogens is 398 g/mol. The summed E-state index contributed by atoms with van der Waals surface area (Å²) in [6, 6.07) is 17.2. The van der Waals surface area contributed by atoms with Gasteiger partial charge in [0.1, 0.15) is 5.75 Å². The van der Waals surface area contributed by atoms with Crippen LogP contribution in [0.5, 0.6) is 5.75 Å². The number of para-hydroxylation sites is 1. The molecule has 6 nitrogen and oxygen atoms in total. The molecule has 2 N–H and O–H groups in total. The standard InChI is InChI=1S/C23H23N3O3S/c1-3-29-20-10-5-4-9-17(20)18-12-21(27)26-23(19(18)13-24)30-14-22(28)25-16-8-6-7-15(2)11-16/h4-11,18H,3,12,14H2,1-2H3,(H,25,28)(H,26,27)/t18-/m0/s1. The monoisotopic (exact) mass is 421 g/mol. The van der Waals surface area contributed by atoms with Gasteiger partial charge in [0.15, 0.2) is 0 Å². The van der Waals surface area contributed by atoms with E-state index in [2.05, 4.69) is 16.7 Å². The van der Waals surface area contributed by atoms with Crippen LogP contribution in [0.1, 0.15) is 30.4 Å². The van der Waals surface area contributed by atoms with Gasteiger partial charge in [0.25, 0.3) is 0 Å². The molecular formula is C23H23N3O3S. The number of thioether (sulfide) groups is 1. The van der Waals surface area contributed by atoms with Crippen LogP contribution in [0.2, 0.25) is 0 Å². The summed E-state index contributed by atoms with van der Waals surface area (Å²) in [7, 11) is 0. The number of hydrogen-bond acceptors (Lipinski definition) is 5. The van der Waals surface area contributed by atoms with Crippen molar-refractivity contribution in [3.63, 3.8) is 0 Å². The molecule has 2 aromatic carbocycles. The predicted molar refractivity (Wildman–Crippen MR) is 118 cm³/mol. The number of allylic oxidation sites excluding steroid dienone is 1. The van der Waals surface area contributed by atoms with Gasteiger partial charge in [-0.15, -0.1) is 0 Å². The highest BCUT2D eigenvalue weighted by molar-refractivity contribution is 8.03. The van der Waals surface area contributed by atoms with Gasteiger partial charge in [0.05, 0.1) is 29.0 Å². The zero-order chi connectivity index (χ0) is 21.5. The van der Waals surface area contributed by atoms with E-state index >= 15 is 0 Å². The van der Waals surface area contributed by atoms with Crippen molar-refractivity contribution in [2.45, 2.75) is 26.2 Å². The van der Waals surface area contributed by atoms with Crippen molar-refractivity contribution in [2.24, 2.45) is 0 Å². The van der Waals surface area contributed by atoms with Crippen LogP contribution in [0.25, 0.3) is 0 Å². The summed E-state index contributed by atoms with van der Waals surface area (Å²) in [5.74, 6) is -0.0645. The van der Waals surface area contributed by atoms with Crippen LogP contribution in [-0.4, -0.2) is 24.2 Å². The minimum atomic E-state index is -0.408. The molecule has 0 aromatic heterocycles. The molecule has 30 heavy (non-hydrogen) atoms. The van der Waals surface area contributed by atoms with Crippen molar-refractivity contribution in [1.82, 2.24) is 5.32 Å². The SMILES string of the molecule is CCOc1ccccc1[C@@H]1CC(=O)NC(SCC(=O)Nc2cccc(C)c2)=C1C#N. The van der Waals surface area contributed by atoms with E-state index < -0.39 is 5.92 Å². The Morgan fingerprint density at radius 1 is 1.30 bits per heavy atom. The van der Waals surface area contributed by atoms with E-state index in [1.807, 2.05) is 62.4 Å². The molecule has 0 radical (unpaired) electrons. The predicted octanol–water partition coefficient (Wildman–Crippen LogP) is 4.10. The second-order valence-corrected chi connectivity index (χ2v) is 7.82. The van der Waals surface area contributed by atoms with E-state index in [-0.39, 0.29) is 24.0 Å². The number of aryl methyl sites for hydroxylation is 1. The lowest BCUT2D eigenvalue weighted by molar-refractivity contribution is -0.121. The maximum absolute atomic E-state index is 12.4. The first-order valence-electron chi connectivity index (χ1n) is 9.67. The van der Waals surface area contributed by atoms with E-state index in [0.717, 1.165) is 22.9 Å². The Morgan fingerprint density at radius 3 is 2.83 bits per heavy atom. The Balaban J connectivity index is 1.79. The van der Waals surface area contributed by atoms with Crippen LogP contribution in [0.4, 0.5) is 5.69 Å². The van der Waals surface area contributed by atoms with Crippen LogP contribution in [0, 0.1) is 18.3 Å². The number of anilines is 1. The molecule has 1 atom stereocenters. The molecule has 0 saturated heterocycles. The van der Waals surface area contributed by atoms with Crippen molar-refractivity contribution in [3.05, 3.63) is 70.3 Å². The number of ether oxygens (including phenoxy) is 1. The van der Waals surface area contributed by atoms with Crippen LogP contribution < -0.4 is 15.4 Å². The number of nitriles is 1. The molecule has 0 fully saturated rings. The third-order valence-corrected chi connectivity index (χ3v) is 5.62. The van der Waals surface area contributed by atoms with Crippen LogP contribution in [0.15, 0.2) is 59.1 Å². The van der Waals surface area contributed by atoms with E-state index in [0.29, 0.717) is 28.6 Å². The number of benzene rings is 2. The Hall–Kier alpha value is -3.24. The van der Waals surface area contributed by atoms with Crippen LogP contribution in [-0.2, 0) is 9.59 Å². The van der Waals surface area contributed by atoms with Gasteiger partial charge in [-0.1, -0.05) is 42.1 Å². The van der Waals surface area contributed by atoms with Gasteiger partial charge in [-0.05, 0) is 37.6 Å². The first-order valence-corrected chi connectivity index (χ1v) is 10.7. The van der Waals surface area contributed by atoms with Gasteiger partial charge in [0, 0.05) is 23.6 Å². The van der Waals surface area contributed by atoms with Crippen molar-refractivity contribution in [2.75, 3.05) is 17.7 Å². The summed E-state index contributed by atoms with van der Waals surface area (Å²) in [6.07, 6.45) is 0.159. The largest absolute Gasteiger partial charge is 0.494 e. The zero-order valence-electron chi connectivity index (χ0n) is 16.9. The number of amides is 2. The van der Waals surface area contributed by atoms with Gasteiger partial charge in [0.2, 0.25) is 11.8 Å². The molecule has 3 rings (SSSR count). The normalized spacial score (nSPS) is 15.9. The fourth-order valence-corrected chi connectivity index (χ4v) is 4.19. The molecule has 7 heteroatoms. The van der Waals surface area contributed by atoms with Crippen molar-refractivity contribution in [1.29, 1.82) is 5.26 Å². The minimum absolute atomic E-state index is 0.0779. The van der Waals surface area contributed by atoms with Gasteiger partial charge in [-0.25, -0.2) is 0 Å². The number of nitrogens with zero attached hydrogens (tertiary/aromatic N) is 1. The summed E-state index contributed by atoms with van der Waals surface area (Å²) >= 11 is 1.16. The molecule has 2 aromatic rings. The van der Waals surface area contributed by atoms with Crippen LogP contribution in [0.3, 0.4) is 0 Å². The molecule has 0 aliphatic carbocycles. The molecule has 0 spiro atoms. The van der Waals surface area contributed by atoms with Gasteiger partial charge in [-0.2, -0.15) is 5.26 Å². The number of rotatable bonds is 7. The van der Waals surface area contributed by atoms with E-state index in [9.17, 15) is 14.9 Å². The lowest BCUT2D eigenvalue weighted by Crippen LogP contribution is -2.31. The molecule has 1 aliphatic rings. The van der Waals surface area contributed by atoms with E-state index in [1.165, 1.54) is 0 Å². The highest BCUT2D eigenvalue weighted by atomic mass is 32.2. The Labute approximate surface area is 180 Å². The lowest BCUT2D eigenvalue weighted by atomic mass is 9.86. The molecule has 154 valence electrons. The van der Waals surface area contributed by atoms with E-state index in [4.69, 9.17) is 4.74 Å². The highest BCUT2D eigenvalue weighted by Crippen LogP contribution is 2.39. The van der Waals surface area contributed by atoms with E-state index in [1.54, 1.807) is 0 Å². The quantitative estimate of drug-likeness (QED) is 0.702. The summed E-state index contributed by atoms with van der Waals surface area (Å²) in [5.41, 5.74) is 3.00. The second-order valence-electron chi connectivity index (χ2n) is 6.84. The summed E-state index contributed by atoms with van der Waals surface area (Å²) < 4.78 is 5.69. The average molecular weight is 422 g/mol. The third kappa shape index (κ3) is 5.22. The fraction of sp³-hybridized carbons (Fsp3) is 0.261. The number of carbonyl (C=O) groups excluding carboxylic acids is 2. The topological polar surface area (TPSA) is 91.2 Å². The smallest absolute Gasteiger partial charge is 0.234 e. The number of carbonyl (C=O) groups is 2. The molecule has 0 saturated carbocycles. The lowest BCUT2D eigenvalue weighted by Gasteiger charge is -2.26. The van der Waals surface area contributed by atoms with Gasteiger partial charge < -0.3 is 15.4 Å². The summed E-state index contributed by atoms with van der Waals surface area (Å²) in [5, 5.41) is 15.8. The maximum Gasteiger partial charge on any atom is 0.234 e. The highest BCUT2D eigenvalue weighted by Gasteiger charge is 2.31. The maximum atomic E-state index is 12.4. The molecule has 0 unspecified atom stereocenters. The van der Waals surface area contributed by atoms with Crippen molar-refractivity contribution >= 4 is 29.3 Å². The summed E-state index contributed by atoms with van der Waals surface area (Å²) in [4.78, 5) is 24.7. The average Bonchev–Trinajstić information content (AvgIpc) is 2.72. The first kappa shape index (κ1) is 21.5. The molecule has 2 amide bonds. The number of nitrogens with one attached hydrogen (secondary N) is 2.